The summed E-state index contributed by atoms with van der Waals surface area (Å²) in [5.74, 6) is 2.78. The van der Waals surface area contributed by atoms with Gasteiger partial charge in [-0.2, -0.15) is 0 Å². The third kappa shape index (κ3) is 6.08. The summed E-state index contributed by atoms with van der Waals surface area (Å²) >= 11 is 1.79. The van der Waals surface area contributed by atoms with Crippen molar-refractivity contribution in [3.63, 3.8) is 0 Å². The Morgan fingerprint density at radius 2 is 2.14 bits per heavy atom. The van der Waals surface area contributed by atoms with Gasteiger partial charge in [0.05, 0.1) is 6.04 Å². The first-order chi connectivity index (χ1) is 9.53. The summed E-state index contributed by atoms with van der Waals surface area (Å²) in [5.41, 5.74) is 0.0508. The van der Waals surface area contributed by atoms with Crippen LogP contribution in [0.3, 0.4) is 0 Å². The van der Waals surface area contributed by atoms with Gasteiger partial charge in [0.25, 0.3) is 0 Å². The number of thioether (sulfide) groups is 1. The number of amides is 1. The molecule has 0 aromatic heterocycles. The molecule has 0 aliphatic carbocycles. The molecule has 2 saturated heterocycles. The standard InChI is InChI=1S/C15H29N3OS.2ClH/c1-4-12-6-5-7-18(8-12)15(2,3)10-16-14(19)13-9-20-11-17-13;;/h12-13,17H,4-11H2,1-3H3,(H,16,19);2*1H. The second kappa shape index (κ2) is 10.2. The minimum Gasteiger partial charge on any atom is -0.353 e. The van der Waals surface area contributed by atoms with Crippen molar-refractivity contribution in [2.45, 2.75) is 51.6 Å². The Kier molecular flexibility index (Phi) is 10.4. The van der Waals surface area contributed by atoms with Crippen LogP contribution in [0.25, 0.3) is 0 Å². The molecule has 22 heavy (non-hydrogen) atoms. The quantitative estimate of drug-likeness (QED) is 0.779. The Hall–Kier alpha value is 0.320. The summed E-state index contributed by atoms with van der Waals surface area (Å²) in [7, 11) is 0. The van der Waals surface area contributed by atoms with Crippen molar-refractivity contribution in [1.82, 2.24) is 15.5 Å². The molecule has 0 radical (unpaired) electrons. The Labute approximate surface area is 151 Å². The monoisotopic (exact) mass is 371 g/mol. The highest BCUT2D eigenvalue weighted by Crippen LogP contribution is 2.25. The van der Waals surface area contributed by atoms with Gasteiger partial charge in [-0.25, -0.2) is 0 Å². The summed E-state index contributed by atoms with van der Waals surface area (Å²) in [4.78, 5) is 14.6. The van der Waals surface area contributed by atoms with Gasteiger partial charge in [0.2, 0.25) is 5.91 Å². The van der Waals surface area contributed by atoms with E-state index < -0.39 is 0 Å². The molecule has 132 valence electrons. The predicted octanol–water partition coefficient (Wildman–Crippen LogP) is 2.51. The van der Waals surface area contributed by atoms with Crippen molar-refractivity contribution in [2.24, 2.45) is 5.92 Å². The molecule has 2 fully saturated rings. The first-order valence-corrected chi connectivity index (χ1v) is 9.02. The lowest BCUT2D eigenvalue weighted by molar-refractivity contribution is -0.123. The summed E-state index contributed by atoms with van der Waals surface area (Å²) in [6.45, 7) is 9.87. The molecule has 7 heteroatoms. The Bertz CT molecular complexity index is 339. The third-order valence-electron chi connectivity index (χ3n) is 4.68. The first-order valence-electron chi connectivity index (χ1n) is 7.87. The second-order valence-corrected chi connectivity index (χ2v) is 7.69. The zero-order valence-electron chi connectivity index (χ0n) is 13.9. The number of carbonyl (C=O) groups is 1. The van der Waals surface area contributed by atoms with Crippen LogP contribution in [0, 0.1) is 5.92 Å². The molecule has 2 aliphatic heterocycles. The van der Waals surface area contributed by atoms with E-state index in [1.807, 2.05) is 0 Å². The Morgan fingerprint density at radius 3 is 2.73 bits per heavy atom. The molecular formula is C15H31Cl2N3OS. The predicted molar refractivity (Wildman–Crippen MR) is 100 cm³/mol. The van der Waals surface area contributed by atoms with Crippen molar-refractivity contribution < 1.29 is 4.79 Å². The van der Waals surface area contributed by atoms with E-state index in [9.17, 15) is 4.79 Å². The molecule has 4 nitrogen and oxygen atoms in total. The topological polar surface area (TPSA) is 44.4 Å². The number of hydrogen-bond donors (Lipinski definition) is 2. The second-order valence-electron chi connectivity index (χ2n) is 6.66. The van der Waals surface area contributed by atoms with Crippen LogP contribution in [0.5, 0.6) is 0 Å². The van der Waals surface area contributed by atoms with E-state index in [2.05, 4.69) is 36.3 Å². The highest BCUT2D eigenvalue weighted by molar-refractivity contribution is 7.99. The molecule has 2 N–H and O–H groups in total. The molecule has 0 bridgehead atoms. The Morgan fingerprint density at radius 1 is 1.41 bits per heavy atom. The van der Waals surface area contributed by atoms with Gasteiger partial charge < -0.3 is 5.32 Å². The van der Waals surface area contributed by atoms with Crippen molar-refractivity contribution in [3.05, 3.63) is 0 Å². The van der Waals surface area contributed by atoms with Crippen LogP contribution in [0.4, 0.5) is 0 Å². The lowest BCUT2D eigenvalue weighted by Gasteiger charge is -2.43. The highest BCUT2D eigenvalue weighted by atomic mass is 35.5. The van der Waals surface area contributed by atoms with Crippen LogP contribution in [0.15, 0.2) is 0 Å². The van der Waals surface area contributed by atoms with Crippen LogP contribution in [0.2, 0.25) is 0 Å². The maximum Gasteiger partial charge on any atom is 0.238 e. The highest BCUT2D eigenvalue weighted by Gasteiger charge is 2.32. The van der Waals surface area contributed by atoms with E-state index >= 15 is 0 Å². The number of rotatable bonds is 5. The molecule has 2 atom stereocenters. The fourth-order valence-electron chi connectivity index (χ4n) is 3.05. The van der Waals surface area contributed by atoms with Crippen LogP contribution < -0.4 is 10.6 Å². The zero-order chi connectivity index (χ0) is 14.6. The van der Waals surface area contributed by atoms with Crippen molar-refractivity contribution in [1.29, 1.82) is 0 Å². The molecule has 2 heterocycles. The minimum absolute atomic E-state index is 0. The van der Waals surface area contributed by atoms with E-state index in [0.717, 1.165) is 30.6 Å². The molecule has 0 aromatic rings. The van der Waals surface area contributed by atoms with Crippen molar-refractivity contribution in [3.8, 4) is 0 Å². The summed E-state index contributed by atoms with van der Waals surface area (Å²) in [6, 6.07) is 0.000506. The number of nitrogens with zero attached hydrogens (tertiary/aromatic N) is 1. The first kappa shape index (κ1) is 22.3. The van der Waals surface area contributed by atoms with Crippen molar-refractivity contribution in [2.75, 3.05) is 31.3 Å². The lowest BCUT2D eigenvalue weighted by Crippen LogP contribution is -2.56. The number of halogens is 2. The maximum absolute atomic E-state index is 12.1. The van der Waals surface area contributed by atoms with E-state index in [0.29, 0.717) is 0 Å². The van der Waals surface area contributed by atoms with Crippen LogP contribution in [-0.2, 0) is 4.79 Å². The molecule has 2 unspecified atom stereocenters. The fourth-order valence-corrected chi connectivity index (χ4v) is 3.99. The molecular weight excluding hydrogens is 341 g/mol. The molecule has 0 saturated carbocycles. The van der Waals surface area contributed by atoms with E-state index in [-0.39, 0.29) is 42.3 Å². The molecule has 2 aliphatic rings. The number of likely N-dealkylation sites (tertiary alicyclic amines) is 1. The van der Waals surface area contributed by atoms with Crippen LogP contribution >= 0.6 is 36.6 Å². The van der Waals surface area contributed by atoms with E-state index in [4.69, 9.17) is 0 Å². The van der Waals surface area contributed by atoms with Gasteiger partial charge in [-0.1, -0.05) is 13.3 Å². The molecule has 0 aromatic carbocycles. The van der Waals surface area contributed by atoms with Gasteiger partial charge in [0.15, 0.2) is 0 Å². The molecule has 1 amide bonds. The number of carbonyl (C=O) groups excluding carboxylic acids is 1. The van der Waals surface area contributed by atoms with E-state index in [1.165, 1.54) is 25.8 Å². The number of nitrogens with one attached hydrogen (secondary N) is 2. The normalized spacial score (nSPS) is 26.0. The maximum atomic E-state index is 12.1. The van der Waals surface area contributed by atoms with Gasteiger partial charge in [-0.3, -0.25) is 15.0 Å². The zero-order valence-corrected chi connectivity index (χ0v) is 16.3. The average molecular weight is 372 g/mol. The smallest absolute Gasteiger partial charge is 0.238 e. The van der Waals surface area contributed by atoms with Gasteiger partial charge >= 0.3 is 0 Å². The molecule has 0 spiro atoms. The Balaban J connectivity index is 0.00000220. The minimum atomic E-state index is 0. The lowest BCUT2D eigenvalue weighted by atomic mass is 9.91. The molecule has 2 rings (SSSR count). The van der Waals surface area contributed by atoms with Gasteiger partial charge in [0, 0.05) is 30.3 Å². The fraction of sp³-hybridized carbons (Fsp3) is 0.933. The summed E-state index contributed by atoms with van der Waals surface area (Å²) in [5, 5.41) is 6.36. The third-order valence-corrected chi connectivity index (χ3v) is 5.62. The summed E-state index contributed by atoms with van der Waals surface area (Å²) < 4.78 is 0. The van der Waals surface area contributed by atoms with E-state index in [1.54, 1.807) is 11.8 Å². The van der Waals surface area contributed by atoms with Gasteiger partial charge in [0.1, 0.15) is 0 Å². The average Bonchev–Trinajstić information content (AvgIpc) is 2.99. The number of piperidine rings is 1. The van der Waals surface area contributed by atoms with Crippen molar-refractivity contribution >= 4 is 42.5 Å². The number of hydrogen-bond acceptors (Lipinski definition) is 4. The van der Waals surface area contributed by atoms with Crippen LogP contribution in [-0.4, -0.2) is 53.7 Å². The largest absolute Gasteiger partial charge is 0.353 e. The summed E-state index contributed by atoms with van der Waals surface area (Å²) in [6.07, 6.45) is 3.91. The SMILES string of the molecule is CCC1CCCN(C(C)(C)CNC(=O)C2CSCN2)C1.Cl.Cl. The van der Waals surface area contributed by atoms with Gasteiger partial charge in [-0.15, -0.1) is 36.6 Å². The van der Waals surface area contributed by atoms with Crippen LogP contribution in [0.1, 0.15) is 40.0 Å². The van der Waals surface area contributed by atoms with Gasteiger partial charge in [-0.05, 0) is 39.2 Å².